The fourth-order valence-electron chi connectivity index (χ4n) is 1.01. The molecule has 0 radical (unpaired) electrons. The monoisotopic (exact) mass is 288 g/mol. The molecule has 1 aromatic heterocycles. The van der Waals surface area contributed by atoms with Gasteiger partial charge in [-0.1, -0.05) is 32.4 Å². The van der Waals surface area contributed by atoms with Crippen LogP contribution >= 0.6 is 27.3 Å². The van der Waals surface area contributed by atoms with Gasteiger partial charge in [-0.25, -0.2) is 4.39 Å². The second kappa shape index (κ2) is 4.24. The van der Waals surface area contributed by atoms with Gasteiger partial charge >= 0.3 is 0 Å². The molecule has 0 fully saturated rings. The molecule has 0 atom stereocenters. The molecule has 0 aliphatic carbocycles. The standard InChI is InChI=1S/C9H6BrFN2OS/c1-5-12-13-9(15-5)14-8-3-6(10)2-7(11)4-8/h2-4H,1H3. The number of rotatable bonds is 2. The van der Waals surface area contributed by atoms with Crippen molar-refractivity contribution < 1.29 is 9.13 Å². The molecule has 0 unspecified atom stereocenters. The highest BCUT2D eigenvalue weighted by Crippen LogP contribution is 2.27. The number of ether oxygens (including phenoxy) is 1. The van der Waals surface area contributed by atoms with Crippen LogP contribution in [0.15, 0.2) is 22.7 Å². The molecule has 0 saturated carbocycles. The lowest BCUT2D eigenvalue weighted by molar-refractivity contribution is 0.467. The molecule has 2 aromatic rings. The van der Waals surface area contributed by atoms with Crippen molar-refractivity contribution in [3.05, 3.63) is 33.5 Å². The van der Waals surface area contributed by atoms with Gasteiger partial charge in [0.15, 0.2) is 0 Å². The van der Waals surface area contributed by atoms with Gasteiger partial charge in [-0.2, -0.15) is 0 Å². The van der Waals surface area contributed by atoms with E-state index in [-0.39, 0.29) is 5.82 Å². The molecule has 6 heteroatoms. The van der Waals surface area contributed by atoms with Gasteiger partial charge < -0.3 is 4.74 Å². The first kappa shape index (κ1) is 10.5. The zero-order valence-electron chi connectivity index (χ0n) is 7.70. The van der Waals surface area contributed by atoms with Crippen LogP contribution in [0.1, 0.15) is 5.01 Å². The smallest absolute Gasteiger partial charge is 0.299 e. The Kier molecular flexibility index (Phi) is 2.97. The van der Waals surface area contributed by atoms with Crippen LogP contribution in [0, 0.1) is 12.7 Å². The van der Waals surface area contributed by atoms with Gasteiger partial charge in [0.1, 0.15) is 16.6 Å². The summed E-state index contributed by atoms with van der Waals surface area (Å²) in [6.07, 6.45) is 0. The number of benzene rings is 1. The first-order valence-electron chi connectivity index (χ1n) is 4.07. The maximum atomic E-state index is 13.0. The van der Waals surface area contributed by atoms with Crippen LogP contribution in [0.3, 0.4) is 0 Å². The Morgan fingerprint density at radius 1 is 1.33 bits per heavy atom. The molecule has 0 bridgehead atoms. The second-order valence-electron chi connectivity index (χ2n) is 2.79. The summed E-state index contributed by atoms with van der Waals surface area (Å²) in [7, 11) is 0. The van der Waals surface area contributed by atoms with Crippen LogP contribution in [-0.4, -0.2) is 10.2 Å². The molecule has 0 aliphatic heterocycles. The minimum absolute atomic E-state index is 0.361. The number of aryl methyl sites for hydroxylation is 1. The summed E-state index contributed by atoms with van der Waals surface area (Å²) in [5.41, 5.74) is 0. The number of hydrogen-bond donors (Lipinski definition) is 0. The van der Waals surface area contributed by atoms with E-state index in [0.717, 1.165) is 5.01 Å². The molecule has 1 heterocycles. The fourth-order valence-corrected chi connectivity index (χ4v) is 2.01. The first-order valence-corrected chi connectivity index (χ1v) is 5.68. The first-order chi connectivity index (χ1) is 7.13. The van der Waals surface area contributed by atoms with Crippen molar-refractivity contribution >= 4 is 27.3 Å². The van der Waals surface area contributed by atoms with E-state index >= 15 is 0 Å². The number of halogens is 2. The Labute approximate surface area is 98.0 Å². The molecular formula is C9H6BrFN2OS. The SMILES string of the molecule is Cc1nnc(Oc2cc(F)cc(Br)c2)s1. The summed E-state index contributed by atoms with van der Waals surface area (Å²) >= 11 is 4.49. The van der Waals surface area contributed by atoms with E-state index in [0.29, 0.717) is 15.4 Å². The van der Waals surface area contributed by atoms with E-state index in [1.807, 2.05) is 6.92 Å². The molecule has 78 valence electrons. The van der Waals surface area contributed by atoms with Gasteiger partial charge in [-0.05, 0) is 19.1 Å². The minimum Gasteiger partial charge on any atom is -0.430 e. The summed E-state index contributed by atoms with van der Waals surface area (Å²) in [6.45, 7) is 1.83. The molecule has 3 nitrogen and oxygen atoms in total. The third-order valence-corrected chi connectivity index (χ3v) is 2.72. The Bertz CT molecular complexity index is 468. The molecule has 0 N–H and O–H groups in total. The molecule has 0 saturated heterocycles. The summed E-state index contributed by atoms with van der Waals surface area (Å²) in [4.78, 5) is 0. The van der Waals surface area contributed by atoms with Crippen LogP contribution in [0.4, 0.5) is 4.39 Å². The van der Waals surface area contributed by atoms with Crippen LogP contribution in [0.5, 0.6) is 10.9 Å². The van der Waals surface area contributed by atoms with Crippen molar-refractivity contribution in [1.29, 1.82) is 0 Å². The lowest BCUT2D eigenvalue weighted by Gasteiger charge is -2.01. The molecule has 2 rings (SSSR count). The minimum atomic E-state index is -0.361. The zero-order chi connectivity index (χ0) is 10.8. The Hall–Kier alpha value is -1.01. The predicted molar refractivity (Wildman–Crippen MR) is 58.8 cm³/mol. The predicted octanol–water partition coefficient (Wildman–Crippen LogP) is 3.54. The molecule has 1 aromatic carbocycles. The average Bonchev–Trinajstić information content (AvgIpc) is 2.49. The van der Waals surface area contributed by atoms with Crippen LogP contribution in [-0.2, 0) is 0 Å². The lowest BCUT2D eigenvalue weighted by atomic mass is 10.3. The van der Waals surface area contributed by atoms with E-state index in [9.17, 15) is 4.39 Å². The summed E-state index contributed by atoms with van der Waals surface area (Å²) in [5, 5.41) is 8.79. The fraction of sp³-hybridized carbons (Fsp3) is 0.111. The van der Waals surface area contributed by atoms with Crippen molar-refractivity contribution in [2.45, 2.75) is 6.92 Å². The van der Waals surface area contributed by atoms with E-state index in [4.69, 9.17) is 4.74 Å². The lowest BCUT2D eigenvalue weighted by Crippen LogP contribution is -1.85. The third kappa shape index (κ3) is 2.73. The topological polar surface area (TPSA) is 35.0 Å². The Morgan fingerprint density at radius 3 is 2.73 bits per heavy atom. The summed E-state index contributed by atoms with van der Waals surface area (Å²) in [5.74, 6) is 0.0404. The maximum Gasteiger partial charge on any atom is 0.299 e. The third-order valence-electron chi connectivity index (χ3n) is 1.55. The van der Waals surface area contributed by atoms with E-state index in [2.05, 4.69) is 26.1 Å². The van der Waals surface area contributed by atoms with Crippen molar-refractivity contribution in [1.82, 2.24) is 10.2 Å². The van der Waals surface area contributed by atoms with Crippen LogP contribution < -0.4 is 4.74 Å². The van der Waals surface area contributed by atoms with Crippen molar-refractivity contribution in [3.63, 3.8) is 0 Å². The molecular weight excluding hydrogens is 283 g/mol. The Morgan fingerprint density at radius 2 is 2.13 bits per heavy atom. The highest BCUT2D eigenvalue weighted by Gasteiger charge is 2.05. The van der Waals surface area contributed by atoms with Crippen molar-refractivity contribution in [2.75, 3.05) is 0 Å². The van der Waals surface area contributed by atoms with E-state index in [1.54, 1.807) is 6.07 Å². The normalized spacial score (nSPS) is 10.3. The van der Waals surface area contributed by atoms with Gasteiger partial charge in [0.05, 0.1) is 0 Å². The molecule has 15 heavy (non-hydrogen) atoms. The van der Waals surface area contributed by atoms with Crippen molar-refractivity contribution in [3.8, 4) is 10.9 Å². The molecule has 0 spiro atoms. The van der Waals surface area contributed by atoms with Gasteiger partial charge in [0, 0.05) is 10.5 Å². The highest BCUT2D eigenvalue weighted by atomic mass is 79.9. The van der Waals surface area contributed by atoms with Gasteiger partial charge in [0.25, 0.3) is 5.19 Å². The maximum absolute atomic E-state index is 13.0. The van der Waals surface area contributed by atoms with Crippen LogP contribution in [0.25, 0.3) is 0 Å². The number of aromatic nitrogens is 2. The molecule has 0 amide bonds. The van der Waals surface area contributed by atoms with E-state index < -0.39 is 0 Å². The number of hydrogen-bond acceptors (Lipinski definition) is 4. The zero-order valence-corrected chi connectivity index (χ0v) is 10.1. The van der Waals surface area contributed by atoms with Gasteiger partial charge in [-0.15, -0.1) is 5.10 Å². The molecule has 0 aliphatic rings. The van der Waals surface area contributed by atoms with E-state index in [1.165, 1.54) is 23.5 Å². The van der Waals surface area contributed by atoms with Crippen molar-refractivity contribution in [2.24, 2.45) is 0 Å². The van der Waals surface area contributed by atoms with Gasteiger partial charge in [-0.3, -0.25) is 0 Å². The highest BCUT2D eigenvalue weighted by molar-refractivity contribution is 9.10. The largest absolute Gasteiger partial charge is 0.430 e. The average molecular weight is 289 g/mol. The van der Waals surface area contributed by atoms with Crippen LogP contribution in [0.2, 0.25) is 0 Å². The quantitative estimate of drug-likeness (QED) is 0.848. The summed E-state index contributed by atoms with van der Waals surface area (Å²) < 4.78 is 19.0. The number of nitrogens with zero attached hydrogens (tertiary/aromatic N) is 2. The Balaban J connectivity index is 2.24. The van der Waals surface area contributed by atoms with Gasteiger partial charge in [0.2, 0.25) is 0 Å². The second-order valence-corrected chi connectivity index (χ2v) is 4.85. The summed E-state index contributed by atoms with van der Waals surface area (Å²) in [6, 6.07) is 4.32.